The van der Waals surface area contributed by atoms with E-state index in [2.05, 4.69) is 25.6 Å². The summed E-state index contributed by atoms with van der Waals surface area (Å²) < 4.78 is 29.2. The van der Waals surface area contributed by atoms with Crippen LogP contribution in [-0.2, 0) is 16.6 Å². The second kappa shape index (κ2) is 4.94. The summed E-state index contributed by atoms with van der Waals surface area (Å²) in [6.45, 7) is 4.49. The molecular formula is C11H18BrN3O2S. The number of alkyl halides is 1. The molecule has 1 N–H and O–H groups in total. The Balaban J connectivity index is 2.25. The lowest BCUT2D eigenvalue weighted by Crippen LogP contribution is -2.54. The normalized spacial score (nSPS) is 18.6. The molecular weight excluding hydrogens is 318 g/mol. The fraction of sp³-hybridized carbons (Fsp3) is 0.727. The summed E-state index contributed by atoms with van der Waals surface area (Å²) in [5.74, 6) is 0.722. The number of aryl methyl sites for hydroxylation is 2. The van der Waals surface area contributed by atoms with Crippen molar-refractivity contribution in [2.75, 3.05) is 5.33 Å². The molecule has 1 aliphatic rings. The van der Waals surface area contributed by atoms with Gasteiger partial charge in [0, 0.05) is 23.6 Å². The summed E-state index contributed by atoms with van der Waals surface area (Å²) in [6, 6.07) is 0. The first-order valence-electron chi connectivity index (χ1n) is 6.06. The zero-order valence-corrected chi connectivity index (χ0v) is 13.0. The lowest BCUT2D eigenvalue weighted by Gasteiger charge is -2.40. The molecule has 18 heavy (non-hydrogen) atoms. The van der Waals surface area contributed by atoms with Crippen LogP contribution < -0.4 is 4.72 Å². The molecule has 0 radical (unpaired) electrons. The van der Waals surface area contributed by atoms with Crippen molar-refractivity contribution in [3.05, 3.63) is 12.0 Å². The van der Waals surface area contributed by atoms with Gasteiger partial charge in [-0.05, 0) is 33.1 Å². The SMILES string of the molecule is CCn1cc(S(=O)(=O)NC2(CBr)CCC2)nc1C. The summed E-state index contributed by atoms with van der Waals surface area (Å²) >= 11 is 3.39. The molecule has 0 unspecified atom stereocenters. The Morgan fingerprint density at radius 3 is 2.61 bits per heavy atom. The topological polar surface area (TPSA) is 64.0 Å². The average Bonchev–Trinajstić information content (AvgIpc) is 2.66. The van der Waals surface area contributed by atoms with Gasteiger partial charge in [-0.1, -0.05) is 15.9 Å². The van der Waals surface area contributed by atoms with Crippen LogP contribution in [0, 0.1) is 6.92 Å². The molecule has 1 heterocycles. The first-order chi connectivity index (χ1) is 8.42. The van der Waals surface area contributed by atoms with Crippen LogP contribution in [0.3, 0.4) is 0 Å². The molecule has 0 atom stereocenters. The van der Waals surface area contributed by atoms with E-state index in [1.807, 2.05) is 18.4 Å². The van der Waals surface area contributed by atoms with Crippen molar-refractivity contribution in [3.63, 3.8) is 0 Å². The zero-order valence-electron chi connectivity index (χ0n) is 10.6. The van der Waals surface area contributed by atoms with Crippen molar-refractivity contribution < 1.29 is 8.42 Å². The van der Waals surface area contributed by atoms with Gasteiger partial charge in [-0.2, -0.15) is 0 Å². The number of halogens is 1. The Bertz CT molecular complexity index is 529. The minimum atomic E-state index is -3.51. The van der Waals surface area contributed by atoms with Crippen LogP contribution in [0.2, 0.25) is 0 Å². The summed E-state index contributed by atoms with van der Waals surface area (Å²) in [5, 5.41) is 0.765. The van der Waals surface area contributed by atoms with Crippen LogP contribution in [0.5, 0.6) is 0 Å². The Hall–Kier alpha value is -0.400. The molecule has 0 amide bonds. The van der Waals surface area contributed by atoms with Crippen LogP contribution in [0.15, 0.2) is 11.2 Å². The second-order valence-electron chi connectivity index (χ2n) is 4.79. The van der Waals surface area contributed by atoms with Crippen molar-refractivity contribution in [2.24, 2.45) is 0 Å². The number of hydrogen-bond acceptors (Lipinski definition) is 3. The monoisotopic (exact) mass is 335 g/mol. The Morgan fingerprint density at radius 1 is 1.56 bits per heavy atom. The number of nitrogens with zero attached hydrogens (tertiary/aromatic N) is 2. The van der Waals surface area contributed by atoms with Crippen LogP contribution in [0.1, 0.15) is 32.0 Å². The fourth-order valence-corrected chi connectivity index (χ4v) is 4.49. The number of aromatic nitrogens is 2. The molecule has 0 spiro atoms. The highest BCUT2D eigenvalue weighted by molar-refractivity contribution is 9.09. The fourth-order valence-electron chi connectivity index (χ4n) is 2.13. The van der Waals surface area contributed by atoms with E-state index < -0.39 is 10.0 Å². The lowest BCUT2D eigenvalue weighted by molar-refractivity contribution is 0.256. The number of hydrogen-bond donors (Lipinski definition) is 1. The van der Waals surface area contributed by atoms with E-state index in [9.17, 15) is 8.42 Å². The van der Waals surface area contributed by atoms with E-state index in [-0.39, 0.29) is 10.6 Å². The van der Waals surface area contributed by atoms with Gasteiger partial charge in [0.2, 0.25) is 0 Å². The maximum atomic E-state index is 12.3. The van der Waals surface area contributed by atoms with E-state index in [0.717, 1.165) is 31.6 Å². The van der Waals surface area contributed by atoms with Gasteiger partial charge in [-0.15, -0.1) is 0 Å². The molecule has 0 bridgehead atoms. The molecule has 2 rings (SSSR count). The van der Waals surface area contributed by atoms with E-state index in [1.54, 1.807) is 6.20 Å². The molecule has 1 aromatic heterocycles. The van der Waals surface area contributed by atoms with Gasteiger partial charge in [0.25, 0.3) is 10.0 Å². The molecule has 1 saturated carbocycles. The Kier molecular flexibility index (Phi) is 3.85. The molecule has 0 aromatic carbocycles. The highest BCUT2D eigenvalue weighted by Crippen LogP contribution is 2.34. The molecule has 0 saturated heterocycles. The van der Waals surface area contributed by atoms with Gasteiger partial charge in [0.1, 0.15) is 5.82 Å². The average molecular weight is 336 g/mol. The largest absolute Gasteiger partial charge is 0.334 e. The summed E-state index contributed by atoms with van der Waals surface area (Å²) in [5.41, 5.74) is -0.317. The van der Waals surface area contributed by atoms with Crippen molar-refractivity contribution in [2.45, 2.75) is 50.2 Å². The highest BCUT2D eigenvalue weighted by Gasteiger charge is 2.40. The molecule has 1 aliphatic carbocycles. The second-order valence-corrected chi connectivity index (χ2v) is 6.98. The van der Waals surface area contributed by atoms with E-state index >= 15 is 0 Å². The zero-order chi connectivity index (χ0) is 13.4. The predicted molar refractivity (Wildman–Crippen MR) is 73.3 cm³/mol. The lowest BCUT2D eigenvalue weighted by atomic mass is 9.80. The van der Waals surface area contributed by atoms with E-state index in [4.69, 9.17) is 0 Å². The van der Waals surface area contributed by atoms with Crippen LogP contribution in [-0.4, -0.2) is 28.8 Å². The third kappa shape index (κ3) is 2.48. The minimum Gasteiger partial charge on any atom is -0.334 e. The van der Waals surface area contributed by atoms with Crippen molar-refractivity contribution in [1.82, 2.24) is 14.3 Å². The molecule has 1 fully saturated rings. The predicted octanol–water partition coefficient (Wildman–Crippen LogP) is 1.81. The summed E-state index contributed by atoms with van der Waals surface area (Å²) in [7, 11) is -3.51. The van der Waals surface area contributed by atoms with Crippen LogP contribution in [0.4, 0.5) is 0 Å². The van der Waals surface area contributed by atoms with Gasteiger partial charge in [0.15, 0.2) is 5.03 Å². The third-order valence-electron chi connectivity index (χ3n) is 3.49. The number of sulfonamides is 1. The van der Waals surface area contributed by atoms with E-state index in [1.165, 1.54) is 0 Å². The highest BCUT2D eigenvalue weighted by atomic mass is 79.9. The Morgan fingerprint density at radius 2 is 2.22 bits per heavy atom. The van der Waals surface area contributed by atoms with Crippen LogP contribution in [0.25, 0.3) is 0 Å². The van der Waals surface area contributed by atoms with Gasteiger partial charge in [0.05, 0.1) is 0 Å². The van der Waals surface area contributed by atoms with Gasteiger partial charge in [-0.25, -0.2) is 18.1 Å². The van der Waals surface area contributed by atoms with Crippen LogP contribution >= 0.6 is 15.9 Å². The summed E-state index contributed by atoms with van der Waals surface area (Å²) in [4.78, 5) is 4.13. The maximum Gasteiger partial charge on any atom is 0.260 e. The first kappa shape index (κ1) is 14.0. The van der Waals surface area contributed by atoms with Gasteiger partial charge in [-0.3, -0.25) is 0 Å². The number of nitrogens with one attached hydrogen (secondary N) is 1. The third-order valence-corrected chi connectivity index (χ3v) is 6.01. The quantitative estimate of drug-likeness (QED) is 0.834. The van der Waals surface area contributed by atoms with Crippen molar-refractivity contribution in [1.29, 1.82) is 0 Å². The van der Waals surface area contributed by atoms with Crippen molar-refractivity contribution in [3.8, 4) is 0 Å². The molecule has 1 aromatic rings. The van der Waals surface area contributed by atoms with Gasteiger partial charge < -0.3 is 4.57 Å². The molecule has 5 nitrogen and oxygen atoms in total. The standard InChI is InChI=1S/C11H18BrN3O2S/c1-3-15-7-10(13-9(15)2)18(16,17)14-11(8-12)5-4-6-11/h7,14H,3-6,8H2,1-2H3. The summed E-state index contributed by atoms with van der Waals surface area (Å²) in [6.07, 6.45) is 4.42. The smallest absolute Gasteiger partial charge is 0.260 e. The Labute approximate surface area is 116 Å². The first-order valence-corrected chi connectivity index (χ1v) is 8.67. The van der Waals surface area contributed by atoms with Crippen molar-refractivity contribution >= 4 is 26.0 Å². The van der Waals surface area contributed by atoms with Gasteiger partial charge >= 0.3 is 0 Å². The molecule has 0 aliphatic heterocycles. The van der Waals surface area contributed by atoms with E-state index in [0.29, 0.717) is 5.33 Å². The minimum absolute atomic E-state index is 0.120. The number of rotatable bonds is 5. The molecule has 7 heteroatoms. The maximum absolute atomic E-state index is 12.3. The molecule has 102 valence electrons. The number of imidazole rings is 1.